The third-order valence-corrected chi connectivity index (χ3v) is 4.67. The summed E-state index contributed by atoms with van der Waals surface area (Å²) in [6.07, 6.45) is 3.29. The highest BCUT2D eigenvalue weighted by Gasteiger charge is 2.26. The summed E-state index contributed by atoms with van der Waals surface area (Å²) in [4.78, 5) is 30.8. The molecule has 1 aliphatic rings. The van der Waals surface area contributed by atoms with Gasteiger partial charge in [-0.3, -0.25) is 4.79 Å². The molecule has 1 amide bonds. The molecule has 0 spiro atoms. The zero-order chi connectivity index (χ0) is 20.2. The van der Waals surface area contributed by atoms with Crippen molar-refractivity contribution in [2.45, 2.75) is 32.6 Å². The molecule has 2 N–H and O–H groups in total. The Morgan fingerprint density at radius 2 is 1.97 bits per heavy atom. The number of anilines is 4. The minimum Gasteiger partial charge on any atom is -0.341 e. The summed E-state index contributed by atoms with van der Waals surface area (Å²) in [6, 6.07) is 7.37. The Balaban J connectivity index is 1.41. The van der Waals surface area contributed by atoms with Crippen molar-refractivity contribution in [3.8, 4) is 0 Å². The van der Waals surface area contributed by atoms with E-state index in [0.717, 1.165) is 31.6 Å². The zero-order valence-electron chi connectivity index (χ0n) is 16.3. The quantitative estimate of drug-likeness (QED) is 0.672. The van der Waals surface area contributed by atoms with Crippen LogP contribution in [0.5, 0.6) is 0 Å². The van der Waals surface area contributed by atoms with Crippen LogP contribution in [0.15, 0.2) is 35.1 Å². The zero-order valence-corrected chi connectivity index (χ0v) is 16.3. The van der Waals surface area contributed by atoms with Gasteiger partial charge in [-0.25, -0.2) is 9.97 Å². The van der Waals surface area contributed by atoms with Crippen molar-refractivity contribution < 1.29 is 9.32 Å². The van der Waals surface area contributed by atoms with E-state index in [9.17, 15) is 4.79 Å². The molecule has 2 aromatic heterocycles. The second-order valence-electron chi connectivity index (χ2n) is 6.94. The summed E-state index contributed by atoms with van der Waals surface area (Å²) in [7, 11) is 0. The van der Waals surface area contributed by atoms with Gasteiger partial charge in [0.1, 0.15) is 6.33 Å². The number of nitrogens with zero attached hydrogens (tertiary/aromatic N) is 6. The molecule has 29 heavy (non-hydrogen) atoms. The van der Waals surface area contributed by atoms with E-state index in [4.69, 9.17) is 4.52 Å². The van der Waals surface area contributed by atoms with Gasteiger partial charge in [-0.15, -0.1) is 0 Å². The Kier molecular flexibility index (Phi) is 5.32. The number of piperidine rings is 1. The van der Waals surface area contributed by atoms with Crippen LogP contribution in [-0.2, 0) is 4.79 Å². The van der Waals surface area contributed by atoms with Gasteiger partial charge in [-0.05, 0) is 38.0 Å². The molecule has 0 aliphatic carbocycles. The summed E-state index contributed by atoms with van der Waals surface area (Å²) < 4.78 is 5.31. The van der Waals surface area contributed by atoms with Gasteiger partial charge >= 0.3 is 0 Å². The maximum Gasteiger partial charge on any atom is 0.231 e. The standard InChI is InChI=1S/C19H22N8O2/c1-12-22-17(29-26-12)14-6-8-27(9-7-14)19-21-11-20-18(25-19)24-16-5-3-4-15(10-16)23-13(2)28/h3-5,10-11,14H,6-9H2,1-2H3,(H,23,28)(H,20,21,24,25). The predicted octanol–water partition coefficient (Wildman–Crippen LogP) is 2.65. The number of rotatable bonds is 5. The van der Waals surface area contributed by atoms with Crippen molar-refractivity contribution in [2.24, 2.45) is 0 Å². The molecule has 0 bridgehead atoms. The second kappa shape index (κ2) is 8.21. The molecule has 1 saturated heterocycles. The van der Waals surface area contributed by atoms with E-state index in [1.165, 1.54) is 13.3 Å². The molecule has 1 aromatic carbocycles. The van der Waals surface area contributed by atoms with Crippen LogP contribution < -0.4 is 15.5 Å². The van der Waals surface area contributed by atoms with Crippen LogP contribution >= 0.6 is 0 Å². The van der Waals surface area contributed by atoms with Crippen molar-refractivity contribution in [3.05, 3.63) is 42.3 Å². The van der Waals surface area contributed by atoms with Gasteiger partial charge in [0.05, 0.1) is 0 Å². The number of benzene rings is 1. The Bertz CT molecular complexity index is 997. The van der Waals surface area contributed by atoms with Gasteiger partial charge in [0.25, 0.3) is 0 Å². The van der Waals surface area contributed by atoms with Gasteiger partial charge in [0.15, 0.2) is 5.82 Å². The molecule has 10 nitrogen and oxygen atoms in total. The van der Waals surface area contributed by atoms with Crippen LogP contribution in [0.25, 0.3) is 0 Å². The topological polar surface area (TPSA) is 122 Å². The van der Waals surface area contributed by atoms with E-state index < -0.39 is 0 Å². The molecule has 0 atom stereocenters. The Morgan fingerprint density at radius 3 is 2.69 bits per heavy atom. The van der Waals surface area contributed by atoms with E-state index in [0.29, 0.717) is 29.3 Å². The molecule has 3 heterocycles. The van der Waals surface area contributed by atoms with Gasteiger partial charge in [0, 0.05) is 37.3 Å². The van der Waals surface area contributed by atoms with Crippen molar-refractivity contribution in [3.63, 3.8) is 0 Å². The molecular weight excluding hydrogens is 372 g/mol. The summed E-state index contributed by atoms with van der Waals surface area (Å²) >= 11 is 0. The molecule has 10 heteroatoms. The number of aryl methyl sites for hydroxylation is 1. The van der Waals surface area contributed by atoms with Crippen LogP contribution in [0, 0.1) is 6.92 Å². The fourth-order valence-corrected chi connectivity index (χ4v) is 3.31. The van der Waals surface area contributed by atoms with E-state index in [2.05, 4.69) is 40.6 Å². The summed E-state index contributed by atoms with van der Waals surface area (Å²) in [6.45, 7) is 4.90. The summed E-state index contributed by atoms with van der Waals surface area (Å²) in [5, 5.41) is 9.79. The first kappa shape index (κ1) is 18.8. The van der Waals surface area contributed by atoms with Gasteiger partial charge in [-0.1, -0.05) is 11.2 Å². The third-order valence-electron chi connectivity index (χ3n) is 4.67. The predicted molar refractivity (Wildman–Crippen MR) is 107 cm³/mol. The second-order valence-corrected chi connectivity index (χ2v) is 6.94. The maximum atomic E-state index is 11.2. The number of nitrogens with one attached hydrogen (secondary N) is 2. The van der Waals surface area contributed by atoms with Crippen LogP contribution in [0.4, 0.5) is 23.3 Å². The molecule has 0 radical (unpaired) electrons. The first-order chi connectivity index (χ1) is 14.1. The first-order valence-electron chi connectivity index (χ1n) is 9.46. The smallest absolute Gasteiger partial charge is 0.231 e. The highest BCUT2D eigenvalue weighted by Crippen LogP contribution is 2.28. The first-order valence-corrected chi connectivity index (χ1v) is 9.46. The molecular formula is C19H22N8O2. The fraction of sp³-hybridized carbons (Fsp3) is 0.368. The van der Waals surface area contributed by atoms with Crippen molar-refractivity contribution in [2.75, 3.05) is 28.6 Å². The average Bonchev–Trinajstić information content (AvgIpc) is 3.14. The van der Waals surface area contributed by atoms with Gasteiger partial charge in [-0.2, -0.15) is 9.97 Å². The van der Waals surface area contributed by atoms with E-state index >= 15 is 0 Å². The van der Waals surface area contributed by atoms with Crippen molar-refractivity contribution >= 4 is 29.2 Å². The van der Waals surface area contributed by atoms with Crippen molar-refractivity contribution in [1.29, 1.82) is 0 Å². The van der Waals surface area contributed by atoms with Crippen LogP contribution in [0.3, 0.4) is 0 Å². The van der Waals surface area contributed by atoms with Gasteiger partial charge in [0.2, 0.25) is 23.7 Å². The summed E-state index contributed by atoms with van der Waals surface area (Å²) in [5.74, 6) is 2.59. The van der Waals surface area contributed by atoms with E-state index in [1.54, 1.807) is 0 Å². The SMILES string of the molecule is CC(=O)Nc1cccc(Nc2ncnc(N3CCC(c4nc(C)no4)CC3)n2)c1. The highest BCUT2D eigenvalue weighted by molar-refractivity contribution is 5.89. The Labute approximate surface area is 167 Å². The molecule has 4 rings (SSSR count). The fourth-order valence-electron chi connectivity index (χ4n) is 3.31. The van der Waals surface area contributed by atoms with E-state index in [1.807, 2.05) is 31.2 Å². The van der Waals surface area contributed by atoms with Gasteiger partial charge < -0.3 is 20.1 Å². The minimum absolute atomic E-state index is 0.122. The molecule has 0 saturated carbocycles. The Hall–Kier alpha value is -3.56. The summed E-state index contributed by atoms with van der Waals surface area (Å²) in [5.41, 5.74) is 1.48. The minimum atomic E-state index is -0.122. The molecule has 0 unspecified atom stereocenters. The maximum absolute atomic E-state index is 11.2. The van der Waals surface area contributed by atoms with Crippen LogP contribution in [0.2, 0.25) is 0 Å². The highest BCUT2D eigenvalue weighted by atomic mass is 16.5. The molecule has 150 valence electrons. The van der Waals surface area contributed by atoms with Crippen molar-refractivity contribution in [1.82, 2.24) is 25.1 Å². The molecule has 3 aromatic rings. The lowest BCUT2D eigenvalue weighted by Crippen LogP contribution is -2.34. The average molecular weight is 394 g/mol. The lowest BCUT2D eigenvalue weighted by molar-refractivity contribution is -0.114. The number of amides is 1. The Morgan fingerprint density at radius 1 is 1.17 bits per heavy atom. The van der Waals surface area contributed by atoms with E-state index in [-0.39, 0.29) is 11.8 Å². The molecule has 1 aliphatic heterocycles. The van der Waals surface area contributed by atoms with Crippen LogP contribution in [-0.4, -0.2) is 44.1 Å². The number of hydrogen-bond donors (Lipinski definition) is 2. The number of hydrogen-bond acceptors (Lipinski definition) is 9. The lowest BCUT2D eigenvalue weighted by Gasteiger charge is -2.30. The van der Waals surface area contributed by atoms with Crippen LogP contribution in [0.1, 0.15) is 37.4 Å². The number of carbonyl (C=O) groups excluding carboxylic acids is 1. The normalized spacial score (nSPS) is 14.6. The monoisotopic (exact) mass is 394 g/mol. The molecule has 1 fully saturated rings. The third kappa shape index (κ3) is 4.65. The number of carbonyl (C=O) groups is 1. The number of aromatic nitrogens is 5. The largest absolute Gasteiger partial charge is 0.341 e. The lowest BCUT2D eigenvalue weighted by atomic mass is 9.97.